The van der Waals surface area contributed by atoms with Crippen molar-refractivity contribution in [3.8, 4) is 5.75 Å². The van der Waals surface area contributed by atoms with Crippen molar-refractivity contribution in [3.05, 3.63) is 30.0 Å². The summed E-state index contributed by atoms with van der Waals surface area (Å²) in [6.45, 7) is 7.78. The number of methoxy groups -OCH3 is 1. The van der Waals surface area contributed by atoms with Gasteiger partial charge in [0.1, 0.15) is 11.3 Å². The Morgan fingerprint density at radius 2 is 2.09 bits per heavy atom. The lowest BCUT2D eigenvalue weighted by atomic mass is 10.1. The molecule has 3 aromatic rings. The van der Waals surface area contributed by atoms with Gasteiger partial charge in [0, 0.05) is 50.5 Å². The van der Waals surface area contributed by atoms with E-state index in [2.05, 4.69) is 55.9 Å². The van der Waals surface area contributed by atoms with Crippen LogP contribution < -0.4 is 25.6 Å². The van der Waals surface area contributed by atoms with Crippen molar-refractivity contribution < 1.29 is 4.74 Å². The molecule has 1 aliphatic heterocycles. The standard InChI is InChI=1S/C23H34N8O/c1-4-5-10-26-22-21-19(27-23(24-2)28-22)16-31(29-21)15-17-7-8-18(14-20(17)32-3)30-12-6-9-25-11-13-30/h7-8,14,16,25H,4-6,9-13,15H2,1-3H3,(H2,24,26,27,28). The number of aromatic nitrogens is 4. The minimum absolute atomic E-state index is 0.588. The maximum atomic E-state index is 5.75. The molecule has 0 radical (unpaired) electrons. The van der Waals surface area contributed by atoms with Crippen molar-refractivity contribution in [2.75, 3.05) is 62.4 Å². The van der Waals surface area contributed by atoms with Gasteiger partial charge >= 0.3 is 0 Å². The topological polar surface area (TPSA) is 92.2 Å². The predicted octanol–water partition coefficient (Wildman–Crippen LogP) is 2.94. The molecule has 32 heavy (non-hydrogen) atoms. The highest BCUT2D eigenvalue weighted by atomic mass is 16.5. The smallest absolute Gasteiger partial charge is 0.225 e. The number of nitrogens with zero attached hydrogens (tertiary/aromatic N) is 5. The van der Waals surface area contributed by atoms with Crippen LogP contribution in [0.1, 0.15) is 31.7 Å². The average molecular weight is 439 g/mol. The zero-order valence-electron chi connectivity index (χ0n) is 19.3. The predicted molar refractivity (Wildman–Crippen MR) is 130 cm³/mol. The van der Waals surface area contributed by atoms with E-state index in [0.29, 0.717) is 12.5 Å². The van der Waals surface area contributed by atoms with Crippen LogP contribution in [0.3, 0.4) is 0 Å². The van der Waals surface area contributed by atoms with E-state index in [9.17, 15) is 0 Å². The quantitative estimate of drug-likeness (QED) is 0.439. The molecule has 1 aromatic carbocycles. The number of benzene rings is 1. The number of anilines is 3. The van der Waals surface area contributed by atoms with Crippen LogP contribution in [-0.4, -0.2) is 66.6 Å². The largest absolute Gasteiger partial charge is 0.496 e. The van der Waals surface area contributed by atoms with Crippen LogP contribution in [0.5, 0.6) is 5.75 Å². The van der Waals surface area contributed by atoms with Gasteiger partial charge in [-0.05, 0) is 25.5 Å². The molecule has 9 heteroatoms. The zero-order chi connectivity index (χ0) is 22.3. The van der Waals surface area contributed by atoms with Gasteiger partial charge in [0.25, 0.3) is 0 Å². The summed E-state index contributed by atoms with van der Waals surface area (Å²) in [6.07, 6.45) is 5.32. The Labute approximate surface area is 189 Å². The van der Waals surface area contributed by atoms with E-state index in [1.165, 1.54) is 5.69 Å². The van der Waals surface area contributed by atoms with E-state index < -0.39 is 0 Å². The first-order valence-corrected chi connectivity index (χ1v) is 11.5. The summed E-state index contributed by atoms with van der Waals surface area (Å²) < 4.78 is 7.66. The fraction of sp³-hybridized carbons (Fsp3) is 0.522. The van der Waals surface area contributed by atoms with Crippen molar-refractivity contribution in [1.29, 1.82) is 0 Å². The number of ether oxygens (including phenoxy) is 1. The molecule has 0 amide bonds. The Kier molecular flexibility index (Phi) is 7.26. The normalized spacial score (nSPS) is 14.4. The van der Waals surface area contributed by atoms with Crippen molar-refractivity contribution in [2.45, 2.75) is 32.7 Å². The molecule has 4 rings (SSSR count). The molecule has 0 bridgehead atoms. The van der Waals surface area contributed by atoms with Crippen molar-refractivity contribution in [1.82, 2.24) is 25.1 Å². The Bertz CT molecular complexity index is 1030. The maximum Gasteiger partial charge on any atom is 0.225 e. The fourth-order valence-corrected chi connectivity index (χ4v) is 4.00. The van der Waals surface area contributed by atoms with Gasteiger partial charge in [-0.2, -0.15) is 10.1 Å². The van der Waals surface area contributed by atoms with E-state index in [-0.39, 0.29) is 0 Å². The van der Waals surface area contributed by atoms with E-state index in [0.717, 1.165) is 80.2 Å². The average Bonchev–Trinajstić information content (AvgIpc) is 3.03. The number of fused-ring (bicyclic) bond motifs is 1. The highest BCUT2D eigenvalue weighted by Crippen LogP contribution is 2.28. The molecule has 1 aliphatic rings. The molecule has 0 spiro atoms. The third-order valence-electron chi connectivity index (χ3n) is 5.77. The summed E-state index contributed by atoms with van der Waals surface area (Å²) in [5.74, 6) is 2.23. The SMILES string of the molecule is CCCCNc1nc(NC)nc2cn(Cc3ccc(N4CCCNCC4)cc3OC)nc12. The Morgan fingerprint density at radius 3 is 2.91 bits per heavy atom. The lowest BCUT2D eigenvalue weighted by molar-refractivity contribution is 0.407. The monoisotopic (exact) mass is 438 g/mol. The van der Waals surface area contributed by atoms with Gasteiger partial charge < -0.3 is 25.6 Å². The first-order chi connectivity index (χ1) is 15.7. The van der Waals surface area contributed by atoms with Crippen LogP contribution in [-0.2, 0) is 6.54 Å². The summed E-state index contributed by atoms with van der Waals surface area (Å²) in [5, 5.41) is 14.7. The van der Waals surface area contributed by atoms with Gasteiger partial charge in [0.2, 0.25) is 5.95 Å². The van der Waals surface area contributed by atoms with Gasteiger partial charge in [-0.1, -0.05) is 19.4 Å². The molecule has 0 saturated carbocycles. The van der Waals surface area contributed by atoms with Crippen molar-refractivity contribution in [3.63, 3.8) is 0 Å². The molecule has 3 heterocycles. The fourth-order valence-electron chi connectivity index (χ4n) is 4.00. The molecular formula is C23H34N8O. The van der Waals surface area contributed by atoms with Gasteiger partial charge in [-0.3, -0.25) is 4.68 Å². The van der Waals surface area contributed by atoms with Crippen LogP contribution in [0.2, 0.25) is 0 Å². The van der Waals surface area contributed by atoms with Crippen molar-refractivity contribution in [2.24, 2.45) is 0 Å². The molecule has 0 unspecified atom stereocenters. The van der Waals surface area contributed by atoms with Crippen molar-refractivity contribution >= 4 is 28.5 Å². The van der Waals surface area contributed by atoms with E-state index in [1.54, 1.807) is 7.11 Å². The highest BCUT2D eigenvalue weighted by molar-refractivity contribution is 5.86. The lowest BCUT2D eigenvalue weighted by Gasteiger charge is -2.23. The second-order valence-electron chi connectivity index (χ2n) is 8.07. The Morgan fingerprint density at radius 1 is 1.19 bits per heavy atom. The minimum atomic E-state index is 0.588. The molecule has 0 atom stereocenters. The van der Waals surface area contributed by atoms with Gasteiger partial charge in [0.05, 0.1) is 19.9 Å². The second kappa shape index (κ2) is 10.5. The molecule has 3 N–H and O–H groups in total. The lowest BCUT2D eigenvalue weighted by Crippen LogP contribution is -2.27. The molecule has 1 fully saturated rings. The molecule has 0 aliphatic carbocycles. The van der Waals surface area contributed by atoms with Crippen LogP contribution in [0.25, 0.3) is 11.0 Å². The van der Waals surface area contributed by atoms with E-state index >= 15 is 0 Å². The summed E-state index contributed by atoms with van der Waals surface area (Å²) in [5.41, 5.74) is 3.88. The van der Waals surface area contributed by atoms with Crippen LogP contribution in [0, 0.1) is 0 Å². The number of hydrogen-bond donors (Lipinski definition) is 3. The van der Waals surface area contributed by atoms with Crippen LogP contribution in [0.15, 0.2) is 24.4 Å². The molecule has 1 saturated heterocycles. The first-order valence-electron chi connectivity index (χ1n) is 11.5. The molecule has 9 nitrogen and oxygen atoms in total. The third-order valence-corrected chi connectivity index (χ3v) is 5.77. The highest BCUT2D eigenvalue weighted by Gasteiger charge is 2.15. The summed E-state index contributed by atoms with van der Waals surface area (Å²) in [6, 6.07) is 6.47. The molecular weight excluding hydrogens is 404 g/mol. The Hall–Kier alpha value is -3.07. The summed E-state index contributed by atoms with van der Waals surface area (Å²) in [4.78, 5) is 11.6. The number of hydrogen-bond acceptors (Lipinski definition) is 8. The Balaban J connectivity index is 1.58. The molecule has 172 valence electrons. The van der Waals surface area contributed by atoms with Gasteiger partial charge in [0.15, 0.2) is 11.3 Å². The van der Waals surface area contributed by atoms with Crippen LogP contribution in [0.4, 0.5) is 17.5 Å². The minimum Gasteiger partial charge on any atom is -0.496 e. The first kappa shape index (κ1) is 22.1. The summed E-state index contributed by atoms with van der Waals surface area (Å²) in [7, 11) is 3.56. The second-order valence-corrected chi connectivity index (χ2v) is 8.07. The maximum absolute atomic E-state index is 5.75. The van der Waals surface area contributed by atoms with Crippen LogP contribution >= 0.6 is 0 Å². The number of nitrogens with one attached hydrogen (secondary N) is 3. The van der Waals surface area contributed by atoms with Gasteiger partial charge in [-0.25, -0.2) is 4.98 Å². The number of rotatable bonds is 9. The number of unbranched alkanes of at least 4 members (excludes halogenated alkanes) is 1. The zero-order valence-corrected chi connectivity index (χ0v) is 19.3. The van der Waals surface area contributed by atoms with E-state index in [1.807, 2.05) is 17.9 Å². The molecule has 2 aromatic heterocycles. The summed E-state index contributed by atoms with van der Waals surface area (Å²) >= 11 is 0. The van der Waals surface area contributed by atoms with Gasteiger partial charge in [-0.15, -0.1) is 0 Å². The third kappa shape index (κ3) is 5.04. The van der Waals surface area contributed by atoms with E-state index in [4.69, 9.17) is 9.84 Å².